The Morgan fingerprint density at radius 2 is 2.24 bits per heavy atom. The topological polar surface area (TPSA) is 82.9 Å². The number of aliphatic hydroxyl groups excluding tert-OH is 1. The SMILES string of the molecule is C=CCn1c(C(CO)NC(=O)c2ccccc2)n[nH]c1=S. The van der Waals surface area contributed by atoms with E-state index in [0.717, 1.165) is 0 Å². The molecule has 1 heterocycles. The fourth-order valence-corrected chi connectivity index (χ4v) is 2.14. The van der Waals surface area contributed by atoms with E-state index in [-0.39, 0.29) is 12.5 Å². The van der Waals surface area contributed by atoms with Crippen LogP contribution in [0.4, 0.5) is 0 Å². The van der Waals surface area contributed by atoms with Gasteiger partial charge in [0.25, 0.3) is 5.91 Å². The van der Waals surface area contributed by atoms with Crippen LogP contribution >= 0.6 is 12.2 Å². The summed E-state index contributed by atoms with van der Waals surface area (Å²) < 4.78 is 2.09. The van der Waals surface area contributed by atoms with Gasteiger partial charge in [0.2, 0.25) is 0 Å². The Morgan fingerprint density at radius 3 is 2.86 bits per heavy atom. The molecule has 0 fully saturated rings. The van der Waals surface area contributed by atoms with Gasteiger partial charge in [-0.2, -0.15) is 5.10 Å². The second-order valence-electron chi connectivity index (χ2n) is 4.36. The minimum Gasteiger partial charge on any atom is -0.394 e. The zero-order chi connectivity index (χ0) is 15.2. The van der Waals surface area contributed by atoms with Gasteiger partial charge in [0.15, 0.2) is 10.6 Å². The van der Waals surface area contributed by atoms with E-state index < -0.39 is 6.04 Å². The van der Waals surface area contributed by atoms with Gasteiger partial charge in [-0.05, 0) is 24.4 Å². The van der Waals surface area contributed by atoms with Gasteiger partial charge in [0, 0.05) is 12.1 Å². The van der Waals surface area contributed by atoms with Crippen LogP contribution in [0.15, 0.2) is 43.0 Å². The van der Waals surface area contributed by atoms with Crippen LogP contribution in [0, 0.1) is 4.77 Å². The molecule has 1 unspecified atom stereocenters. The number of hydrogen-bond acceptors (Lipinski definition) is 4. The summed E-state index contributed by atoms with van der Waals surface area (Å²) >= 11 is 5.12. The zero-order valence-corrected chi connectivity index (χ0v) is 12.1. The van der Waals surface area contributed by atoms with Crippen molar-refractivity contribution in [1.29, 1.82) is 0 Å². The molecule has 1 atom stereocenters. The molecule has 0 radical (unpaired) electrons. The highest BCUT2D eigenvalue weighted by atomic mass is 32.1. The highest BCUT2D eigenvalue weighted by molar-refractivity contribution is 7.71. The van der Waals surface area contributed by atoms with Gasteiger partial charge < -0.3 is 10.4 Å². The highest BCUT2D eigenvalue weighted by Gasteiger charge is 2.20. The van der Waals surface area contributed by atoms with Gasteiger partial charge in [0.1, 0.15) is 6.04 Å². The van der Waals surface area contributed by atoms with Crippen molar-refractivity contribution in [3.8, 4) is 0 Å². The Morgan fingerprint density at radius 1 is 1.52 bits per heavy atom. The molecule has 110 valence electrons. The van der Waals surface area contributed by atoms with E-state index in [1.54, 1.807) is 34.9 Å². The molecule has 0 aliphatic heterocycles. The van der Waals surface area contributed by atoms with Gasteiger partial charge in [-0.3, -0.25) is 14.5 Å². The first-order valence-corrected chi connectivity index (χ1v) is 6.81. The molecule has 21 heavy (non-hydrogen) atoms. The third kappa shape index (κ3) is 3.45. The van der Waals surface area contributed by atoms with Gasteiger partial charge in [-0.15, -0.1) is 6.58 Å². The van der Waals surface area contributed by atoms with Crippen LogP contribution < -0.4 is 5.32 Å². The summed E-state index contributed by atoms with van der Waals surface area (Å²) in [5, 5.41) is 19.0. The zero-order valence-electron chi connectivity index (χ0n) is 11.3. The lowest BCUT2D eigenvalue weighted by Crippen LogP contribution is -2.32. The van der Waals surface area contributed by atoms with Crippen LogP contribution in [-0.4, -0.2) is 32.4 Å². The fraction of sp³-hybridized carbons (Fsp3) is 0.214. The molecule has 7 heteroatoms. The Balaban J connectivity index is 2.23. The maximum absolute atomic E-state index is 12.1. The molecule has 1 amide bonds. The number of H-pyrrole nitrogens is 1. The number of hydrogen-bond donors (Lipinski definition) is 3. The number of carbonyl (C=O) groups is 1. The van der Waals surface area contributed by atoms with Crippen LogP contribution in [0.3, 0.4) is 0 Å². The lowest BCUT2D eigenvalue weighted by atomic mass is 10.2. The molecule has 6 nitrogen and oxygen atoms in total. The molecule has 0 bridgehead atoms. The van der Waals surface area contributed by atoms with Crippen molar-refractivity contribution < 1.29 is 9.90 Å². The maximum Gasteiger partial charge on any atom is 0.251 e. The van der Waals surface area contributed by atoms with Gasteiger partial charge >= 0.3 is 0 Å². The molecule has 1 aromatic heterocycles. The number of allylic oxidation sites excluding steroid dienone is 1. The number of aromatic nitrogens is 3. The van der Waals surface area contributed by atoms with Crippen LogP contribution in [-0.2, 0) is 6.54 Å². The van der Waals surface area contributed by atoms with Crippen molar-refractivity contribution >= 4 is 18.1 Å². The van der Waals surface area contributed by atoms with Crippen molar-refractivity contribution in [2.45, 2.75) is 12.6 Å². The number of nitrogens with one attached hydrogen (secondary N) is 2. The van der Waals surface area contributed by atoms with E-state index in [2.05, 4.69) is 22.1 Å². The van der Waals surface area contributed by atoms with Crippen LogP contribution in [0.25, 0.3) is 0 Å². The lowest BCUT2D eigenvalue weighted by molar-refractivity contribution is 0.0911. The molecule has 0 spiro atoms. The van der Waals surface area contributed by atoms with Gasteiger partial charge in [-0.1, -0.05) is 24.3 Å². The monoisotopic (exact) mass is 304 g/mol. The summed E-state index contributed by atoms with van der Waals surface area (Å²) in [4.78, 5) is 12.1. The molecule has 2 rings (SSSR count). The number of carbonyl (C=O) groups excluding carboxylic acids is 1. The molecule has 2 aromatic rings. The predicted molar refractivity (Wildman–Crippen MR) is 81.3 cm³/mol. The average molecular weight is 304 g/mol. The average Bonchev–Trinajstić information content (AvgIpc) is 2.87. The molecule has 0 saturated carbocycles. The van der Waals surface area contributed by atoms with Crippen molar-refractivity contribution in [3.05, 3.63) is 59.1 Å². The predicted octanol–water partition coefficient (Wildman–Crippen LogP) is 1.59. The number of aromatic amines is 1. The Kier molecular flexibility index (Phi) is 5.02. The number of aliphatic hydroxyl groups is 1. The van der Waals surface area contributed by atoms with E-state index >= 15 is 0 Å². The summed E-state index contributed by atoms with van der Waals surface area (Å²) in [6, 6.07) is 8.13. The first kappa shape index (κ1) is 15.1. The first-order valence-electron chi connectivity index (χ1n) is 6.40. The molecule has 1 aromatic carbocycles. The summed E-state index contributed by atoms with van der Waals surface area (Å²) in [5.74, 6) is 0.181. The smallest absolute Gasteiger partial charge is 0.251 e. The second kappa shape index (κ2) is 6.96. The van der Waals surface area contributed by atoms with Crippen molar-refractivity contribution in [2.75, 3.05) is 6.61 Å². The molecule has 0 saturated heterocycles. The van der Waals surface area contributed by atoms with E-state index in [1.165, 1.54) is 0 Å². The Hall–Kier alpha value is -2.25. The third-order valence-corrected chi connectivity index (χ3v) is 3.25. The summed E-state index contributed by atoms with van der Waals surface area (Å²) in [7, 11) is 0. The molecule has 0 aliphatic rings. The number of rotatable bonds is 6. The molecule has 3 N–H and O–H groups in total. The fourth-order valence-electron chi connectivity index (χ4n) is 1.92. The van der Waals surface area contributed by atoms with E-state index in [4.69, 9.17) is 12.2 Å². The summed E-state index contributed by atoms with van der Waals surface area (Å²) in [6.07, 6.45) is 1.67. The van der Waals surface area contributed by atoms with Crippen LogP contribution in [0.5, 0.6) is 0 Å². The largest absolute Gasteiger partial charge is 0.394 e. The number of nitrogens with zero attached hydrogens (tertiary/aromatic N) is 2. The minimum absolute atomic E-state index is 0.282. The van der Waals surface area contributed by atoms with E-state index in [1.807, 2.05) is 6.07 Å². The summed E-state index contributed by atoms with van der Waals surface area (Å²) in [6.45, 7) is 3.82. The van der Waals surface area contributed by atoms with Gasteiger partial charge in [-0.25, -0.2) is 0 Å². The van der Waals surface area contributed by atoms with Crippen molar-refractivity contribution in [2.24, 2.45) is 0 Å². The quantitative estimate of drug-likeness (QED) is 0.559. The highest BCUT2D eigenvalue weighted by Crippen LogP contribution is 2.12. The Labute approximate surface area is 127 Å². The van der Waals surface area contributed by atoms with E-state index in [0.29, 0.717) is 22.7 Å². The lowest BCUT2D eigenvalue weighted by Gasteiger charge is -2.16. The normalized spacial score (nSPS) is 11.9. The van der Waals surface area contributed by atoms with Crippen molar-refractivity contribution in [3.63, 3.8) is 0 Å². The maximum atomic E-state index is 12.1. The van der Waals surface area contributed by atoms with Gasteiger partial charge in [0.05, 0.1) is 6.61 Å². The molecular weight excluding hydrogens is 288 g/mol. The molecular formula is C14H16N4O2S. The van der Waals surface area contributed by atoms with Crippen LogP contribution in [0.2, 0.25) is 0 Å². The minimum atomic E-state index is -0.648. The standard InChI is InChI=1S/C14H16N4O2S/c1-2-8-18-12(16-17-14(18)21)11(9-19)15-13(20)10-6-4-3-5-7-10/h2-7,11,19H,1,8-9H2,(H,15,20)(H,17,21). The first-order chi connectivity index (χ1) is 10.2. The second-order valence-corrected chi connectivity index (χ2v) is 4.75. The van der Waals surface area contributed by atoms with Crippen molar-refractivity contribution in [1.82, 2.24) is 20.1 Å². The third-order valence-electron chi connectivity index (χ3n) is 2.94. The molecule has 0 aliphatic carbocycles. The number of benzene rings is 1. The van der Waals surface area contributed by atoms with E-state index in [9.17, 15) is 9.90 Å². The Bertz CT molecular complexity index is 678. The number of amides is 1. The van der Waals surface area contributed by atoms with Crippen LogP contribution in [0.1, 0.15) is 22.2 Å². The summed E-state index contributed by atoms with van der Waals surface area (Å²) in [5.41, 5.74) is 0.514.